The predicted molar refractivity (Wildman–Crippen MR) is 127 cm³/mol. The number of piperazine rings is 1. The van der Waals surface area contributed by atoms with Gasteiger partial charge >= 0.3 is 18.2 Å². The number of esters is 1. The minimum absolute atomic E-state index is 0.0793. The highest BCUT2D eigenvalue weighted by Crippen LogP contribution is 2.35. The van der Waals surface area contributed by atoms with E-state index < -0.39 is 29.8 Å². The van der Waals surface area contributed by atoms with Gasteiger partial charge in [-0.2, -0.15) is 13.2 Å². The van der Waals surface area contributed by atoms with Crippen molar-refractivity contribution in [2.75, 3.05) is 45.9 Å². The lowest BCUT2D eigenvalue weighted by molar-refractivity contribution is -0.139. The van der Waals surface area contributed by atoms with Gasteiger partial charge in [-0.05, 0) is 31.5 Å². The third kappa shape index (κ3) is 6.00. The first-order valence-corrected chi connectivity index (χ1v) is 12.1. The molecule has 1 saturated heterocycles. The fourth-order valence-corrected chi connectivity index (χ4v) is 4.48. The molecule has 3 amide bonds. The number of alkyl halides is 3. The van der Waals surface area contributed by atoms with Crippen molar-refractivity contribution in [3.05, 3.63) is 46.7 Å². The van der Waals surface area contributed by atoms with E-state index in [-0.39, 0.29) is 37.1 Å². The second kappa shape index (κ2) is 11.3. The van der Waals surface area contributed by atoms with Crippen molar-refractivity contribution in [1.82, 2.24) is 20.0 Å². The van der Waals surface area contributed by atoms with Crippen LogP contribution in [0.3, 0.4) is 0 Å². The number of hydrogen-bond donors (Lipinski definition) is 1. The number of likely N-dealkylation sites (N-methyl/N-ethyl adjacent to an activating group) is 1. The first-order chi connectivity index (χ1) is 17.0. The molecule has 1 unspecified atom stereocenters. The third-order valence-electron chi connectivity index (χ3n) is 6.37. The van der Waals surface area contributed by atoms with Crippen LogP contribution >= 0.6 is 0 Å². The fraction of sp³-hybridized carbons (Fsp3) is 0.560. The largest absolute Gasteiger partial charge is 0.463 e. The lowest BCUT2D eigenvalue weighted by Gasteiger charge is -2.40. The lowest BCUT2D eigenvalue weighted by atomic mass is 9.93. The van der Waals surface area contributed by atoms with Gasteiger partial charge < -0.3 is 15.0 Å². The topological polar surface area (TPSA) is 82.2 Å². The second-order valence-electron chi connectivity index (χ2n) is 9.08. The van der Waals surface area contributed by atoms with Gasteiger partial charge in [-0.1, -0.05) is 26.0 Å². The molecule has 1 atom stereocenters. The quantitative estimate of drug-likeness (QED) is 0.569. The highest BCUT2D eigenvalue weighted by molar-refractivity contribution is 5.95. The highest BCUT2D eigenvalue weighted by atomic mass is 19.4. The van der Waals surface area contributed by atoms with Crippen LogP contribution in [0, 0.1) is 5.92 Å². The first kappa shape index (κ1) is 27.5. The van der Waals surface area contributed by atoms with Crippen LogP contribution in [0.1, 0.15) is 44.9 Å². The standard InChI is InChI=1S/C25H33F3N4O4/c1-5-32-19(15-30-11-13-31(14-12-30)22(33)16(3)4)20(23(34)36-6-2)21(29-24(32)35)17-7-9-18(10-8-17)25(26,27)28/h7-10,16,21H,5-6,11-15H2,1-4H3,(H,29,35). The number of hydrogen-bond acceptors (Lipinski definition) is 5. The number of ether oxygens (including phenoxy) is 1. The van der Waals surface area contributed by atoms with Crippen LogP contribution < -0.4 is 5.32 Å². The molecule has 3 rings (SSSR count). The van der Waals surface area contributed by atoms with Crippen LogP contribution in [0.25, 0.3) is 0 Å². The van der Waals surface area contributed by atoms with Gasteiger partial charge in [0.15, 0.2) is 0 Å². The summed E-state index contributed by atoms with van der Waals surface area (Å²) in [5.41, 5.74) is 0.172. The lowest BCUT2D eigenvalue weighted by Crippen LogP contribution is -2.54. The van der Waals surface area contributed by atoms with E-state index >= 15 is 0 Å². The van der Waals surface area contributed by atoms with Gasteiger partial charge in [-0.25, -0.2) is 9.59 Å². The molecular formula is C25H33F3N4O4. The third-order valence-corrected chi connectivity index (χ3v) is 6.37. The van der Waals surface area contributed by atoms with Crippen molar-refractivity contribution in [2.24, 2.45) is 5.92 Å². The van der Waals surface area contributed by atoms with Crippen molar-refractivity contribution < 1.29 is 32.3 Å². The predicted octanol–water partition coefficient (Wildman–Crippen LogP) is 3.41. The molecule has 0 saturated carbocycles. The van der Waals surface area contributed by atoms with Crippen molar-refractivity contribution >= 4 is 17.9 Å². The molecule has 2 heterocycles. The van der Waals surface area contributed by atoms with Gasteiger partial charge in [-0.3, -0.25) is 14.6 Å². The Labute approximate surface area is 209 Å². The molecule has 36 heavy (non-hydrogen) atoms. The van der Waals surface area contributed by atoms with Gasteiger partial charge in [0.1, 0.15) is 0 Å². The number of carbonyl (C=O) groups excluding carboxylic acids is 3. The number of urea groups is 1. The highest BCUT2D eigenvalue weighted by Gasteiger charge is 2.39. The summed E-state index contributed by atoms with van der Waals surface area (Å²) in [5.74, 6) is -0.656. The molecule has 2 aliphatic heterocycles. The molecule has 1 aromatic rings. The van der Waals surface area contributed by atoms with Gasteiger partial charge in [0.25, 0.3) is 0 Å². The average Bonchev–Trinajstić information content (AvgIpc) is 2.83. The summed E-state index contributed by atoms with van der Waals surface area (Å²) in [7, 11) is 0. The Morgan fingerprint density at radius 2 is 1.69 bits per heavy atom. The molecule has 1 aromatic carbocycles. The number of benzene rings is 1. The Balaban J connectivity index is 1.96. The molecule has 0 spiro atoms. The molecule has 0 aliphatic carbocycles. The number of halogens is 3. The zero-order chi connectivity index (χ0) is 26.6. The monoisotopic (exact) mass is 510 g/mol. The molecule has 198 valence electrons. The van der Waals surface area contributed by atoms with Crippen molar-refractivity contribution in [3.63, 3.8) is 0 Å². The Bertz CT molecular complexity index is 1000. The fourth-order valence-electron chi connectivity index (χ4n) is 4.48. The van der Waals surface area contributed by atoms with Crippen LogP contribution in [0.4, 0.5) is 18.0 Å². The zero-order valence-corrected chi connectivity index (χ0v) is 21.0. The maximum atomic E-state index is 13.1. The maximum Gasteiger partial charge on any atom is 0.416 e. The molecule has 11 heteroatoms. The van der Waals surface area contributed by atoms with E-state index in [1.54, 1.807) is 18.7 Å². The van der Waals surface area contributed by atoms with Crippen molar-refractivity contribution in [3.8, 4) is 0 Å². The second-order valence-corrected chi connectivity index (χ2v) is 9.08. The van der Waals surface area contributed by atoms with E-state index in [2.05, 4.69) is 10.2 Å². The smallest absolute Gasteiger partial charge is 0.416 e. The molecule has 1 N–H and O–H groups in total. The van der Waals surface area contributed by atoms with Gasteiger partial charge in [-0.15, -0.1) is 0 Å². The summed E-state index contributed by atoms with van der Waals surface area (Å²) in [5, 5.41) is 2.76. The van der Waals surface area contributed by atoms with E-state index in [1.807, 2.05) is 13.8 Å². The number of rotatable bonds is 7. The van der Waals surface area contributed by atoms with E-state index in [0.29, 0.717) is 37.4 Å². The minimum Gasteiger partial charge on any atom is -0.463 e. The molecular weight excluding hydrogens is 477 g/mol. The van der Waals surface area contributed by atoms with E-state index in [1.165, 1.54) is 17.0 Å². The number of amides is 3. The van der Waals surface area contributed by atoms with Crippen LogP contribution in [0.2, 0.25) is 0 Å². The molecule has 1 fully saturated rings. The van der Waals surface area contributed by atoms with E-state index in [9.17, 15) is 27.6 Å². The summed E-state index contributed by atoms with van der Waals surface area (Å²) in [6.45, 7) is 9.97. The Hall–Kier alpha value is -3.08. The number of carbonyl (C=O) groups is 3. The van der Waals surface area contributed by atoms with Gasteiger partial charge in [0.05, 0.1) is 23.8 Å². The summed E-state index contributed by atoms with van der Waals surface area (Å²) < 4.78 is 44.5. The Kier molecular flexibility index (Phi) is 8.65. The Morgan fingerprint density at radius 1 is 1.08 bits per heavy atom. The number of nitrogens with one attached hydrogen (secondary N) is 1. The Morgan fingerprint density at radius 3 is 2.19 bits per heavy atom. The summed E-state index contributed by atoms with van der Waals surface area (Å²) >= 11 is 0. The molecule has 0 aromatic heterocycles. The van der Waals surface area contributed by atoms with E-state index in [4.69, 9.17) is 4.74 Å². The van der Waals surface area contributed by atoms with Crippen LogP contribution in [0.5, 0.6) is 0 Å². The first-order valence-electron chi connectivity index (χ1n) is 12.1. The van der Waals surface area contributed by atoms with E-state index in [0.717, 1.165) is 12.1 Å². The van der Waals surface area contributed by atoms with Crippen LogP contribution in [-0.4, -0.2) is 78.5 Å². The molecule has 0 radical (unpaired) electrons. The molecule has 2 aliphatic rings. The zero-order valence-electron chi connectivity index (χ0n) is 21.0. The molecule has 0 bridgehead atoms. The minimum atomic E-state index is -4.50. The SMILES string of the molecule is CCOC(=O)C1=C(CN2CCN(C(=O)C(C)C)CC2)N(CC)C(=O)NC1c1ccc(C(F)(F)F)cc1. The van der Waals surface area contributed by atoms with Crippen molar-refractivity contribution in [1.29, 1.82) is 0 Å². The van der Waals surface area contributed by atoms with Crippen LogP contribution in [-0.2, 0) is 20.5 Å². The normalized spacial score (nSPS) is 19.6. The summed E-state index contributed by atoms with van der Waals surface area (Å²) in [4.78, 5) is 43.8. The van der Waals surface area contributed by atoms with Gasteiger partial charge in [0, 0.05) is 50.9 Å². The molecule has 8 nitrogen and oxygen atoms in total. The van der Waals surface area contributed by atoms with Crippen molar-refractivity contribution in [2.45, 2.75) is 39.9 Å². The average molecular weight is 511 g/mol. The summed E-state index contributed by atoms with van der Waals surface area (Å²) in [6.07, 6.45) is -4.50. The van der Waals surface area contributed by atoms with Gasteiger partial charge in [0.2, 0.25) is 5.91 Å². The summed E-state index contributed by atoms with van der Waals surface area (Å²) in [6, 6.07) is 2.99. The maximum absolute atomic E-state index is 13.1. The number of nitrogens with zero attached hydrogens (tertiary/aromatic N) is 3. The van der Waals surface area contributed by atoms with Crippen LogP contribution in [0.15, 0.2) is 35.5 Å².